The Balaban J connectivity index is 1.16. The molecule has 3 N–H and O–H groups in total. The number of hydrogen-bond acceptors (Lipinski definition) is 5. The van der Waals surface area contributed by atoms with Crippen molar-refractivity contribution in [1.29, 1.82) is 0 Å². The smallest absolute Gasteiger partial charge is 0.271 e. The summed E-state index contributed by atoms with van der Waals surface area (Å²) in [6, 6.07) is 16.5. The van der Waals surface area contributed by atoms with Crippen molar-refractivity contribution in [1.82, 2.24) is 29.6 Å². The molecule has 1 fully saturated rings. The van der Waals surface area contributed by atoms with Crippen molar-refractivity contribution in [2.24, 2.45) is 0 Å². The molecule has 37 heavy (non-hydrogen) atoms. The van der Waals surface area contributed by atoms with E-state index in [1.165, 1.54) is 11.1 Å². The van der Waals surface area contributed by atoms with E-state index in [0.717, 1.165) is 47.1 Å². The average molecular weight is 492 g/mol. The molecule has 3 heterocycles. The number of imidazole rings is 1. The van der Waals surface area contributed by atoms with E-state index in [1.807, 2.05) is 42.2 Å². The zero-order chi connectivity index (χ0) is 25.4. The Labute approximate surface area is 215 Å². The molecule has 186 valence electrons. The first kappa shape index (κ1) is 23.0. The van der Waals surface area contributed by atoms with Gasteiger partial charge in [-0.25, -0.2) is 9.97 Å². The van der Waals surface area contributed by atoms with Crippen LogP contribution in [0.5, 0.6) is 0 Å². The van der Waals surface area contributed by atoms with Crippen LogP contribution >= 0.6 is 0 Å². The van der Waals surface area contributed by atoms with Crippen molar-refractivity contribution in [2.75, 3.05) is 5.73 Å². The Kier molecular flexibility index (Phi) is 5.92. The van der Waals surface area contributed by atoms with E-state index in [1.54, 1.807) is 12.4 Å². The third kappa shape index (κ3) is 4.95. The van der Waals surface area contributed by atoms with Gasteiger partial charge in [-0.1, -0.05) is 24.3 Å². The summed E-state index contributed by atoms with van der Waals surface area (Å²) in [4.78, 5) is 22.0. The highest BCUT2D eigenvalue weighted by Crippen LogP contribution is 2.39. The van der Waals surface area contributed by atoms with Gasteiger partial charge in [0.15, 0.2) is 0 Å². The maximum Gasteiger partial charge on any atom is 0.271 e. The fourth-order valence-electron chi connectivity index (χ4n) is 4.72. The van der Waals surface area contributed by atoms with Crippen molar-refractivity contribution in [2.45, 2.75) is 45.3 Å². The van der Waals surface area contributed by atoms with E-state index in [-0.39, 0.29) is 5.91 Å². The normalized spacial score (nSPS) is 13.2. The maximum absolute atomic E-state index is 13.1. The van der Waals surface area contributed by atoms with Gasteiger partial charge < -0.3 is 15.6 Å². The Hall–Kier alpha value is -4.46. The number of aryl methyl sites for hydroxylation is 1. The number of rotatable bonds is 8. The molecule has 1 aliphatic carbocycles. The lowest BCUT2D eigenvalue weighted by molar-refractivity contribution is 0.0946. The van der Waals surface area contributed by atoms with E-state index >= 15 is 0 Å². The predicted octanol–water partition coefficient (Wildman–Crippen LogP) is 4.42. The number of nitrogens with zero attached hydrogens (tertiary/aromatic N) is 5. The summed E-state index contributed by atoms with van der Waals surface area (Å²) < 4.78 is 4.04. The van der Waals surface area contributed by atoms with E-state index in [9.17, 15) is 4.79 Å². The summed E-state index contributed by atoms with van der Waals surface area (Å²) in [5, 5.41) is 9.27. The molecule has 0 bridgehead atoms. The number of fused-ring (bicyclic) bond motifs is 1. The number of nitrogen functional groups attached to an aromatic ring is 1. The van der Waals surface area contributed by atoms with Crippen molar-refractivity contribution in [3.8, 4) is 0 Å². The molecule has 0 unspecified atom stereocenters. The summed E-state index contributed by atoms with van der Waals surface area (Å²) in [7, 11) is 0. The Bertz CT molecular complexity index is 1560. The van der Waals surface area contributed by atoms with Gasteiger partial charge in [-0.2, -0.15) is 5.10 Å². The molecule has 0 radical (unpaired) electrons. The summed E-state index contributed by atoms with van der Waals surface area (Å²) in [5.41, 5.74) is 11.0. The number of nitrogens with one attached hydrogen (secondary N) is 1. The van der Waals surface area contributed by atoms with E-state index in [2.05, 4.69) is 50.3 Å². The van der Waals surface area contributed by atoms with Gasteiger partial charge in [0, 0.05) is 49.2 Å². The van der Waals surface area contributed by atoms with Gasteiger partial charge in [0.05, 0.1) is 6.54 Å². The molecule has 0 saturated heterocycles. The van der Waals surface area contributed by atoms with Crippen molar-refractivity contribution in [3.63, 3.8) is 0 Å². The molecular formula is C29H29N7O. The van der Waals surface area contributed by atoms with Crippen LogP contribution in [0.1, 0.15) is 57.3 Å². The molecule has 0 aliphatic heterocycles. The topological polar surface area (TPSA) is 104 Å². The van der Waals surface area contributed by atoms with Crippen molar-refractivity contribution >= 4 is 22.5 Å². The lowest BCUT2D eigenvalue weighted by atomic mass is 10.0. The highest BCUT2D eigenvalue weighted by Gasteiger charge is 2.30. The second-order valence-corrected chi connectivity index (χ2v) is 9.79. The summed E-state index contributed by atoms with van der Waals surface area (Å²) in [6.07, 6.45) is 9.58. The highest BCUT2D eigenvalue weighted by atomic mass is 16.1. The third-order valence-corrected chi connectivity index (χ3v) is 6.95. The van der Waals surface area contributed by atoms with E-state index in [4.69, 9.17) is 10.7 Å². The van der Waals surface area contributed by atoms with Gasteiger partial charge in [0.25, 0.3) is 5.91 Å². The largest absolute Gasteiger partial charge is 0.383 e. The standard InChI is InChI=1S/C29H29N7O/c1-19-13-25-23(9-11-31-27(25)30)14-24(19)15-32-29(37)26-18-35(28(34-26)22-7-8-22)16-20-3-5-21(6-4-20)17-36-12-2-10-33-36/h2-6,9-14,18,22H,7-8,15-17H2,1H3,(H2,30,31)(H,32,37). The molecule has 6 rings (SSSR count). The Morgan fingerprint density at radius 3 is 2.59 bits per heavy atom. The first-order chi connectivity index (χ1) is 18.0. The minimum absolute atomic E-state index is 0.163. The molecule has 1 amide bonds. The quantitative estimate of drug-likeness (QED) is 0.334. The van der Waals surface area contributed by atoms with Crippen LogP contribution in [0.25, 0.3) is 10.8 Å². The first-order valence-electron chi connectivity index (χ1n) is 12.6. The van der Waals surface area contributed by atoms with Crippen LogP contribution in [0, 0.1) is 6.92 Å². The van der Waals surface area contributed by atoms with Crippen LogP contribution in [0.2, 0.25) is 0 Å². The number of anilines is 1. The van der Waals surface area contributed by atoms with Crippen LogP contribution in [0.4, 0.5) is 5.82 Å². The van der Waals surface area contributed by atoms with Gasteiger partial charge >= 0.3 is 0 Å². The molecule has 0 spiro atoms. The zero-order valence-electron chi connectivity index (χ0n) is 20.8. The number of aromatic nitrogens is 5. The van der Waals surface area contributed by atoms with Gasteiger partial charge in [-0.15, -0.1) is 0 Å². The summed E-state index contributed by atoms with van der Waals surface area (Å²) >= 11 is 0. The highest BCUT2D eigenvalue weighted by molar-refractivity contribution is 5.93. The van der Waals surface area contributed by atoms with Crippen LogP contribution < -0.4 is 11.1 Å². The minimum Gasteiger partial charge on any atom is -0.383 e. The van der Waals surface area contributed by atoms with Gasteiger partial charge in [0.2, 0.25) is 0 Å². The van der Waals surface area contributed by atoms with Gasteiger partial charge in [-0.3, -0.25) is 9.48 Å². The molecule has 3 aromatic heterocycles. The van der Waals surface area contributed by atoms with Gasteiger partial charge in [0.1, 0.15) is 17.3 Å². The number of pyridine rings is 1. The second kappa shape index (κ2) is 9.54. The first-order valence-corrected chi connectivity index (χ1v) is 12.6. The fraction of sp³-hybridized carbons (Fsp3) is 0.241. The molecule has 8 nitrogen and oxygen atoms in total. The molecule has 2 aromatic carbocycles. The monoisotopic (exact) mass is 491 g/mol. The summed E-state index contributed by atoms with van der Waals surface area (Å²) in [5.74, 6) is 1.78. The van der Waals surface area contributed by atoms with Crippen LogP contribution in [-0.4, -0.2) is 30.2 Å². The zero-order valence-corrected chi connectivity index (χ0v) is 20.8. The predicted molar refractivity (Wildman–Crippen MR) is 143 cm³/mol. The number of carbonyl (C=O) groups excluding carboxylic acids is 1. The van der Waals surface area contributed by atoms with E-state index in [0.29, 0.717) is 30.5 Å². The molecule has 1 saturated carbocycles. The third-order valence-electron chi connectivity index (χ3n) is 6.95. The van der Waals surface area contributed by atoms with Crippen molar-refractivity contribution in [3.05, 3.63) is 107 Å². The maximum atomic E-state index is 13.1. The summed E-state index contributed by atoms with van der Waals surface area (Å²) in [6.45, 7) is 3.88. The molecule has 0 atom stereocenters. The average Bonchev–Trinajstić information content (AvgIpc) is 3.45. The molecule has 8 heteroatoms. The minimum atomic E-state index is -0.163. The SMILES string of the molecule is Cc1cc2c(N)nccc2cc1CNC(=O)c1cn(Cc2ccc(Cn3cccn3)cc2)c(C2CC2)n1. The molecule has 1 aliphatic rings. The fourth-order valence-corrected chi connectivity index (χ4v) is 4.72. The van der Waals surface area contributed by atoms with Crippen molar-refractivity contribution < 1.29 is 4.79 Å². The number of carbonyl (C=O) groups is 1. The Morgan fingerprint density at radius 1 is 1.08 bits per heavy atom. The van der Waals surface area contributed by atoms with Crippen LogP contribution in [-0.2, 0) is 19.6 Å². The number of nitrogens with two attached hydrogens (primary N) is 1. The van der Waals surface area contributed by atoms with Crippen LogP contribution in [0.15, 0.2) is 73.3 Å². The van der Waals surface area contributed by atoms with E-state index < -0.39 is 0 Å². The number of benzene rings is 2. The lowest BCUT2D eigenvalue weighted by Gasteiger charge is -2.10. The van der Waals surface area contributed by atoms with Crippen LogP contribution in [0.3, 0.4) is 0 Å². The van der Waals surface area contributed by atoms with Gasteiger partial charge in [-0.05, 0) is 71.7 Å². The lowest BCUT2D eigenvalue weighted by Crippen LogP contribution is -2.23. The molecule has 5 aromatic rings. The molecular weight excluding hydrogens is 462 g/mol. The number of amides is 1. The Morgan fingerprint density at radius 2 is 1.86 bits per heavy atom. The second-order valence-electron chi connectivity index (χ2n) is 9.79. The number of hydrogen-bond donors (Lipinski definition) is 2.